The number of β-amino-alcohol motifs (C(OH)–C–C–N with tert-alkyl or cyclic N) is 1. The van der Waals surface area contributed by atoms with E-state index < -0.39 is 5.60 Å². The molecule has 1 aromatic heterocycles. The first-order valence-electron chi connectivity index (χ1n) is 8.72. The molecule has 1 unspecified atom stereocenters. The SMILES string of the molecule is Cc1cc(Cc2ccc(NC(=O)C3(O)CCCNC3)cc2)cc(C)n1. The second-order valence-corrected chi connectivity index (χ2v) is 6.90. The fourth-order valence-corrected chi connectivity index (χ4v) is 3.30. The Bertz CT molecular complexity index is 730. The van der Waals surface area contributed by atoms with Gasteiger partial charge in [-0.15, -0.1) is 0 Å². The molecule has 0 spiro atoms. The zero-order valence-corrected chi connectivity index (χ0v) is 14.8. The Balaban J connectivity index is 1.64. The Kier molecular flexibility index (Phi) is 5.16. The molecule has 1 aromatic carbocycles. The normalized spacial score (nSPS) is 20.3. The molecule has 1 aliphatic heterocycles. The summed E-state index contributed by atoms with van der Waals surface area (Å²) in [6.45, 7) is 5.15. The van der Waals surface area contributed by atoms with E-state index >= 15 is 0 Å². The van der Waals surface area contributed by atoms with Crippen molar-refractivity contribution in [3.05, 3.63) is 58.9 Å². The maximum Gasteiger partial charge on any atom is 0.257 e. The van der Waals surface area contributed by atoms with Crippen LogP contribution in [0.5, 0.6) is 0 Å². The molecule has 3 rings (SSSR count). The van der Waals surface area contributed by atoms with Crippen LogP contribution in [-0.4, -0.2) is 34.7 Å². The van der Waals surface area contributed by atoms with Crippen LogP contribution in [0.25, 0.3) is 0 Å². The topological polar surface area (TPSA) is 74.2 Å². The van der Waals surface area contributed by atoms with E-state index in [1.165, 1.54) is 11.1 Å². The van der Waals surface area contributed by atoms with Gasteiger partial charge in [0.15, 0.2) is 5.60 Å². The van der Waals surface area contributed by atoms with Crippen LogP contribution >= 0.6 is 0 Å². The highest BCUT2D eigenvalue weighted by atomic mass is 16.3. The number of pyridine rings is 1. The van der Waals surface area contributed by atoms with Gasteiger partial charge in [-0.3, -0.25) is 9.78 Å². The number of carbonyl (C=O) groups excluding carboxylic acids is 1. The first-order valence-corrected chi connectivity index (χ1v) is 8.72. The number of hydrogen-bond donors (Lipinski definition) is 3. The van der Waals surface area contributed by atoms with Gasteiger partial charge in [0.05, 0.1) is 0 Å². The Labute approximate surface area is 148 Å². The van der Waals surface area contributed by atoms with Gasteiger partial charge in [-0.25, -0.2) is 0 Å². The highest BCUT2D eigenvalue weighted by Crippen LogP contribution is 2.20. The second-order valence-electron chi connectivity index (χ2n) is 6.90. The molecule has 0 saturated carbocycles. The van der Waals surface area contributed by atoms with E-state index in [2.05, 4.69) is 27.8 Å². The van der Waals surface area contributed by atoms with Crippen LogP contribution < -0.4 is 10.6 Å². The van der Waals surface area contributed by atoms with Crippen LogP contribution in [0.15, 0.2) is 36.4 Å². The van der Waals surface area contributed by atoms with Crippen LogP contribution in [0.2, 0.25) is 0 Å². The lowest BCUT2D eigenvalue weighted by Crippen LogP contribution is -2.53. The monoisotopic (exact) mass is 339 g/mol. The number of hydrogen-bond acceptors (Lipinski definition) is 4. The molecule has 5 heteroatoms. The minimum absolute atomic E-state index is 0.303. The molecule has 0 aliphatic carbocycles. The molecule has 132 valence electrons. The van der Waals surface area contributed by atoms with Gasteiger partial charge in [0.2, 0.25) is 0 Å². The van der Waals surface area contributed by atoms with Crippen molar-refractivity contribution in [2.75, 3.05) is 18.4 Å². The molecule has 1 saturated heterocycles. The number of nitrogens with zero attached hydrogens (tertiary/aromatic N) is 1. The standard InChI is InChI=1S/C20H25N3O2/c1-14-10-17(11-15(2)22-14)12-16-4-6-18(7-5-16)23-19(24)20(25)8-3-9-21-13-20/h4-7,10-11,21,25H,3,8-9,12-13H2,1-2H3,(H,23,24). The summed E-state index contributed by atoms with van der Waals surface area (Å²) in [6.07, 6.45) is 2.12. The van der Waals surface area contributed by atoms with E-state index in [9.17, 15) is 9.90 Å². The molecular weight excluding hydrogens is 314 g/mol. The number of amides is 1. The van der Waals surface area contributed by atoms with Crippen LogP contribution in [0.1, 0.15) is 35.4 Å². The Hall–Kier alpha value is -2.24. The van der Waals surface area contributed by atoms with Gasteiger partial charge in [0.1, 0.15) is 0 Å². The summed E-state index contributed by atoms with van der Waals surface area (Å²) in [5.41, 5.74) is 3.82. The molecule has 5 nitrogen and oxygen atoms in total. The van der Waals surface area contributed by atoms with Crippen LogP contribution in [0, 0.1) is 13.8 Å². The highest BCUT2D eigenvalue weighted by Gasteiger charge is 2.37. The minimum atomic E-state index is -1.32. The van der Waals surface area contributed by atoms with Crippen molar-refractivity contribution in [2.45, 2.75) is 38.7 Å². The van der Waals surface area contributed by atoms with Gasteiger partial charge in [-0.1, -0.05) is 12.1 Å². The van der Waals surface area contributed by atoms with Crippen molar-refractivity contribution in [1.82, 2.24) is 10.3 Å². The lowest BCUT2D eigenvalue weighted by molar-refractivity contribution is -0.135. The van der Waals surface area contributed by atoms with E-state index in [0.717, 1.165) is 30.8 Å². The van der Waals surface area contributed by atoms with E-state index in [4.69, 9.17) is 0 Å². The average molecular weight is 339 g/mol. The van der Waals surface area contributed by atoms with Crippen molar-refractivity contribution in [2.24, 2.45) is 0 Å². The number of aryl methyl sites for hydroxylation is 2. The quantitative estimate of drug-likeness (QED) is 0.799. The summed E-state index contributed by atoms with van der Waals surface area (Å²) in [5.74, 6) is -0.340. The molecule has 0 radical (unpaired) electrons. The smallest absolute Gasteiger partial charge is 0.257 e. The molecular formula is C20H25N3O2. The number of carbonyl (C=O) groups is 1. The lowest BCUT2D eigenvalue weighted by atomic mass is 9.93. The maximum absolute atomic E-state index is 12.3. The van der Waals surface area contributed by atoms with Gasteiger partial charge >= 0.3 is 0 Å². The molecule has 0 bridgehead atoms. The first kappa shape index (κ1) is 17.6. The zero-order valence-electron chi connectivity index (χ0n) is 14.8. The number of benzene rings is 1. The van der Waals surface area contributed by atoms with Gasteiger partial charge in [-0.2, -0.15) is 0 Å². The van der Waals surface area contributed by atoms with E-state index in [1.807, 2.05) is 38.1 Å². The predicted molar refractivity (Wildman–Crippen MR) is 98.6 cm³/mol. The third-order valence-electron chi connectivity index (χ3n) is 4.55. The van der Waals surface area contributed by atoms with Crippen LogP contribution in [0.4, 0.5) is 5.69 Å². The van der Waals surface area contributed by atoms with Gasteiger partial charge in [0.25, 0.3) is 5.91 Å². The fourth-order valence-electron chi connectivity index (χ4n) is 3.30. The number of anilines is 1. The Morgan fingerprint density at radius 2 is 1.88 bits per heavy atom. The summed E-state index contributed by atoms with van der Waals surface area (Å²) in [6, 6.07) is 12.0. The van der Waals surface area contributed by atoms with Crippen molar-refractivity contribution in [3.8, 4) is 0 Å². The maximum atomic E-state index is 12.3. The summed E-state index contributed by atoms with van der Waals surface area (Å²) >= 11 is 0. The summed E-state index contributed by atoms with van der Waals surface area (Å²) in [7, 11) is 0. The van der Waals surface area contributed by atoms with Crippen molar-refractivity contribution >= 4 is 11.6 Å². The highest BCUT2D eigenvalue weighted by molar-refractivity contribution is 5.97. The van der Waals surface area contributed by atoms with Gasteiger partial charge in [-0.05, 0) is 75.0 Å². The first-order chi connectivity index (χ1) is 11.9. The summed E-state index contributed by atoms with van der Waals surface area (Å²) in [4.78, 5) is 16.7. The third kappa shape index (κ3) is 4.44. The van der Waals surface area contributed by atoms with E-state index in [1.54, 1.807) is 0 Å². The number of aromatic nitrogens is 1. The molecule has 2 aromatic rings. The molecule has 25 heavy (non-hydrogen) atoms. The molecule has 3 N–H and O–H groups in total. The molecule has 1 atom stereocenters. The molecule has 1 aliphatic rings. The van der Waals surface area contributed by atoms with Gasteiger partial charge < -0.3 is 15.7 Å². The lowest BCUT2D eigenvalue weighted by Gasteiger charge is -2.31. The van der Waals surface area contributed by atoms with Crippen molar-refractivity contribution in [1.29, 1.82) is 0 Å². The Morgan fingerprint density at radius 3 is 2.48 bits per heavy atom. The predicted octanol–water partition coefficient (Wildman–Crippen LogP) is 2.34. The van der Waals surface area contributed by atoms with E-state index in [0.29, 0.717) is 18.7 Å². The molecule has 2 heterocycles. The van der Waals surface area contributed by atoms with Crippen molar-refractivity contribution < 1.29 is 9.90 Å². The number of nitrogens with one attached hydrogen (secondary N) is 2. The largest absolute Gasteiger partial charge is 0.379 e. The zero-order chi connectivity index (χ0) is 17.9. The van der Waals surface area contributed by atoms with E-state index in [-0.39, 0.29) is 5.91 Å². The van der Waals surface area contributed by atoms with Crippen LogP contribution in [0.3, 0.4) is 0 Å². The van der Waals surface area contributed by atoms with Crippen molar-refractivity contribution in [3.63, 3.8) is 0 Å². The summed E-state index contributed by atoms with van der Waals surface area (Å²) < 4.78 is 0. The second kappa shape index (κ2) is 7.33. The number of rotatable bonds is 4. The minimum Gasteiger partial charge on any atom is -0.379 e. The molecule has 1 fully saturated rings. The Morgan fingerprint density at radius 1 is 1.20 bits per heavy atom. The van der Waals surface area contributed by atoms with Gasteiger partial charge in [0, 0.05) is 23.6 Å². The average Bonchev–Trinajstić information content (AvgIpc) is 2.56. The fraction of sp³-hybridized carbons (Fsp3) is 0.400. The number of aliphatic hydroxyl groups is 1. The van der Waals surface area contributed by atoms with Crippen LogP contribution in [-0.2, 0) is 11.2 Å². The third-order valence-corrected chi connectivity index (χ3v) is 4.55. The summed E-state index contributed by atoms with van der Waals surface area (Å²) in [5, 5.41) is 16.3. The molecule has 1 amide bonds. The number of piperidine rings is 1.